The van der Waals surface area contributed by atoms with Crippen molar-refractivity contribution in [3.8, 4) is 5.75 Å². The van der Waals surface area contributed by atoms with Crippen molar-refractivity contribution in [1.29, 1.82) is 0 Å². The summed E-state index contributed by atoms with van der Waals surface area (Å²) < 4.78 is 38.0. The third-order valence-electron chi connectivity index (χ3n) is 4.35. The van der Waals surface area contributed by atoms with Gasteiger partial charge in [-0.1, -0.05) is 59.7 Å². The van der Waals surface area contributed by atoms with Crippen LogP contribution in [0, 0.1) is 0 Å². The number of hydrogen-bond donors (Lipinski definition) is 1. The molecule has 0 heterocycles. The molecule has 2 nitrogen and oxygen atoms in total. The highest BCUT2D eigenvalue weighted by Gasteiger charge is 2.30. The van der Waals surface area contributed by atoms with Crippen LogP contribution in [0.25, 0.3) is 0 Å². The number of benzene rings is 2. The lowest BCUT2D eigenvalue weighted by molar-refractivity contribution is -0.137. The number of alkyl halides is 3. The summed E-state index contributed by atoms with van der Waals surface area (Å²) in [6, 6.07) is 8.58. The molecule has 5 heteroatoms. The van der Waals surface area contributed by atoms with Crippen molar-refractivity contribution < 1.29 is 18.3 Å². The first-order valence-corrected chi connectivity index (χ1v) is 8.79. The van der Waals surface area contributed by atoms with Gasteiger partial charge < -0.3 is 5.11 Å². The maximum atomic E-state index is 12.7. The second kappa shape index (κ2) is 7.02. The minimum absolute atomic E-state index is 0.0960. The topological polar surface area (TPSA) is 32.6 Å². The van der Waals surface area contributed by atoms with Gasteiger partial charge in [0.2, 0.25) is 0 Å². The van der Waals surface area contributed by atoms with Crippen molar-refractivity contribution in [3.63, 3.8) is 0 Å². The van der Waals surface area contributed by atoms with Crippen LogP contribution in [-0.2, 0) is 17.0 Å². The maximum absolute atomic E-state index is 12.7. The summed E-state index contributed by atoms with van der Waals surface area (Å²) in [5, 5.41) is 10.7. The molecule has 1 N–H and O–H groups in total. The number of halogens is 3. The molecule has 0 fully saturated rings. The molecule has 0 aliphatic rings. The first-order chi connectivity index (χ1) is 12.2. The fraction of sp³-hybridized carbons (Fsp3) is 0.409. The van der Waals surface area contributed by atoms with Crippen LogP contribution in [-0.4, -0.2) is 11.3 Å². The van der Waals surface area contributed by atoms with Crippen LogP contribution in [0.3, 0.4) is 0 Å². The molecule has 0 saturated carbocycles. The average molecular weight is 377 g/mol. The van der Waals surface area contributed by atoms with Gasteiger partial charge in [-0.25, -0.2) is 0 Å². The molecular formula is C22H26F3NO. The van der Waals surface area contributed by atoms with E-state index in [-0.39, 0.29) is 16.6 Å². The van der Waals surface area contributed by atoms with Gasteiger partial charge in [0.1, 0.15) is 11.4 Å². The minimum atomic E-state index is -4.36. The molecule has 0 amide bonds. The van der Waals surface area contributed by atoms with E-state index in [1.54, 1.807) is 0 Å². The van der Waals surface area contributed by atoms with E-state index < -0.39 is 11.7 Å². The number of rotatable bonds is 2. The first-order valence-electron chi connectivity index (χ1n) is 8.79. The zero-order valence-electron chi connectivity index (χ0n) is 16.6. The summed E-state index contributed by atoms with van der Waals surface area (Å²) in [4.78, 5) is 4.36. The van der Waals surface area contributed by atoms with Crippen LogP contribution in [0.4, 0.5) is 18.9 Å². The Kier molecular flexibility index (Phi) is 5.46. The summed E-state index contributed by atoms with van der Waals surface area (Å²) in [6.07, 6.45) is -2.90. The van der Waals surface area contributed by atoms with Gasteiger partial charge in [-0.2, -0.15) is 13.2 Å². The van der Waals surface area contributed by atoms with Gasteiger partial charge in [0.15, 0.2) is 0 Å². The molecule has 2 aromatic carbocycles. The molecule has 27 heavy (non-hydrogen) atoms. The van der Waals surface area contributed by atoms with E-state index >= 15 is 0 Å². The molecule has 0 saturated heterocycles. The second-order valence-corrected chi connectivity index (χ2v) is 8.77. The van der Waals surface area contributed by atoms with Gasteiger partial charge in [0, 0.05) is 11.8 Å². The van der Waals surface area contributed by atoms with Crippen LogP contribution < -0.4 is 0 Å². The third-order valence-corrected chi connectivity index (χ3v) is 4.35. The standard InChI is InChI=1S/C22H26F3NO/c1-20(2,3)16-11-17(21(4,5)6)19(27)18(12-16)26-13-14-7-9-15(10-8-14)22(23,24)25/h7-13,27H,1-6H3/b26-13-. The van der Waals surface area contributed by atoms with Crippen molar-refractivity contribution in [1.82, 2.24) is 0 Å². The highest BCUT2D eigenvalue weighted by Crippen LogP contribution is 2.41. The van der Waals surface area contributed by atoms with Gasteiger partial charge >= 0.3 is 6.18 Å². The van der Waals surface area contributed by atoms with Crippen LogP contribution >= 0.6 is 0 Å². The number of nitrogens with zero attached hydrogens (tertiary/aromatic N) is 1. The zero-order chi connectivity index (χ0) is 20.6. The van der Waals surface area contributed by atoms with E-state index in [4.69, 9.17) is 0 Å². The van der Waals surface area contributed by atoms with Crippen LogP contribution in [0.5, 0.6) is 5.75 Å². The molecule has 0 atom stereocenters. The van der Waals surface area contributed by atoms with E-state index in [0.29, 0.717) is 11.3 Å². The van der Waals surface area contributed by atoms with Gasteiger partial charge in [0.05, 0.1) is 5.56 Å². The number of aromatic hydroxyl groups is 1. The molecule has 0 spiro atoms. The Morgan fingerprint density at radius 1 is 0.815 bits per heavy atom. The number of phenolic OH excluding ortho intramolecular Hbond substituents is 1. The van der Waals surface area contributed by atoms with Crippen LogP contribution in [0.15, 0.2) is 41.4 Å². The molecule has 146 valence electrons. The number of aliphatic imine (C=N–C) groups is 1. The third kappa shape index (κ3) is 5.12. The van der Waals surface area contributed by atoms with Crippen molar-refractivity contribution in [2.45, 2.75) is 58.5 Å². The van der Waals surface area contributed by atoms with E-state index in [2.05, 4.69) is 25.8 Å². The van der Waals surface area contributed by atoms with Crippen molar-refractivity contribution in [2.24, 2.45) is 4.99 Å². The lowest BCUT2D eigenvalue weighted by atomic mass is 9.80. The summed E-state index contributed by atoms with van der Waals surface area (Å²) >= 11 is 0. The Bertz CT molecular complexity index is 836. The predicted octanol–water partition coefficient (Wildman–Crippen LogP) is 6.76. The van der Waals surface area contributed by atoms with Gasteiger partial charge in [0.25, 0.3) is 0 Å². The molecule has 0 aromatic heterocycles. The fourth-order valence-corrected chi connectivity index (χ4v) is 2.62. The normalized spacial score (nSPS) is 13.4. The van der Waals surface area contributed by atoms with Gasteiger partial charge in [-0.05, 0) is 40.2 Å². The minimum Gasteiger partial charge on any atom is -0.505 e. The van der Waals surface area contributed by atoms with Crippen molar-refractivity contribution in [2.75, 3.05) is 0 Å². The average Bonchev–Trinajstić information content (AvgIpc) is 2.51. The largest absolute Gasteiger partial charge is 0.505 e. The summed E-state index contributed by atoms with van der Waals surface area (Å²) in [5.41, 5.74) is 1.65. The molecule has 2 rings (SSSR count). The molecular weight excluding hydrogens is 351 g/mol. The maximum Gasteiger partial charge on any atom is 0.416 e. The predicted molar refractivity (Wildman–Crippen MR) is 104 cm³/mol. The van der Waals surface area contributed by atoms with E-state index in [1.165, 1.54) is 18.3 Å². The summed E-state index contributed by atoms with van der Waals surface area (Å²) in [6.45, 7) is 12.3. The quantitative estimate of drug-likeness (QED) is 0.576. The molecule has 0 bridgehead atoms. The van der Waals surface area contributed by atoms with E-state index in [1.807, 2.05) is 32.9 Å². The molecule has 2 aromatic rings. The van der Waals surface area contributed by atoms with Crippen molar-refractivity contribution >= 4 is 11.9 Å². The molecule has 0 unspecified atom stereocenters. The van der Waals surface area contributed by atoms with Crippen LogP contribution in [0.2, 0.25) is 0 Å². The lowest BCUT2D eigenvalue weighted by Crippen LogP contribution is -2.16. The smallest absolute Gasteiger partial charge is 0.416 e. The Hall–Kier alpha value is -2.30. The zero-order valence-corrected chi connectivity index (χ0v) is 16.6. The lowest BCUT2D eigenvalue weighted by Gasteiger charge is -2.26. The van der Waals surface area contributed by atoms with Gasteiger partial charge in [-0.3, -0.25) is 4.99 Å². The monoisotopic (exact) mass is 377 g/mol. The Balaban J connectivity index is 2.47. The van der Waals surface area contributed by atoms with E-state index in [0.717, 1.165) is 23.3 Å². The molecule has 0 aliphatic carbocycles. The molecule has 0 aliphatic heterocycles. The van der Waals surface area contributed by atoms with Gasteiger partial charge in [-0.15, -0.1) is 0 Å². The Labute approximate surface area is 158 Å². The fourth-order valence-electron chi connectivity index (χ4n) is 2.62. The highest BCUT2D eigenvalue weighted by molar-refractivity contribution is 5.83. The molecule has 0 radical (unpaired) electrons. The first kappa shape index (κ1) is 21.0. The van der Waals surface area contributed by atoms with E-state index in [9.17, 15) is 18.3 Å². The van der Waals surface area contributed by atoms with Crippen molar-refractivity contribution in [3.05, 3.63) is 58.7 Å². The Morgan fingerprint density at radius 2 is 1.37 bits per heavy atom. The Morgan fingerprint density at radius 3 is 1.81 bits per heavy atom. The van der Waals surface area contributed by atoms with Crippen LogP contribution in [0.1, 0.15) is 63.8 Å². The summed E-state index contributed by atoms with van der Waals surface area (Å²) in [5.74, 6) is 0.0960. The SMILES string of the molecule is CC(C)(C)c1cc(/N=C\c2ccc(C(F)(F)F)cc2)c(O)c(C(C)(C)C)c1. The highest BCUT2D eigenvalue weighted by atomic mass is 19.4. The number of phenols is 1. The number of hydrogen-bond acceptors (Lipinski definition) is 2. The summed E-state index contributed by atoms with van der Waals surface area (Å²) in [7, 11) is 0. The second-order valence-electron chi connectivity index (χ2n) is 8.77.